The van der Waals surface area contributed by atoms with Crippen LogP contribution in [0, 0.1) is 11.8 Å². The molecule has 11 heteroatoms. The van der Waals surface area contributed by atoms with Crippen LogP contribution in [0.25, 0.3) is 11.4 Å². The van der Waals surface area contributed by atoms with Gasteiger partial charge in [0.05, 0.1) is 23.6 Å². The van der Waals surface area contributed by atoms with Gasteiger partial charge in [-0.15, -0.1) is 0 Å². The molecule has 0 spiro atoms. The number of amides is 1. The summed E-state index contributed by atoms with van der Waals surface area (Å²) in [6.07, 6.45) is 0.905. The van der Waals surface area contributed by atoms with Crippen LogP contribution in [0.1, 0.15) is 51.4 Å². The lowest BCUT2D eigenvalue weighted by Crippen LogP contribution is -2.43. The molecule has 0 saturated carbocycles. The Kier molecular flexibility index (Phi) is 7.59. The quantitative estimate of drug-likeness (QED) is 0.437. The summed E-state index contributed by atoms with van der Waals surface area (Å²) in [5.41, 5.74) is 6.59. The summed E-state index contributed by atoms with van der Waals surface area (Å²) in [6.45, 7) is 11.6. The minimum atomic E-state index is -4.26. The molecule has 1 amide bonds. The first-order chi connectivity index (χ1) is 17.9. The predicted molar refractivity (Wildman–Crippen MR) is 146 cm³/mol. The normalized spacial score (nSPS) is 17.0. The van der Waals surface area contributed by atoms with Crippen LogP contribution in [0.2, 0.25) is 0 Å². The van der Waals surface area contributed by atoms with Crippen LogP contribution in [-0.4, -0.2) is 48.0 Å². The number of nitrogens with two attached hydrogens (primary N) is 1. The number of rotatable bonds is 8. The van der Waals surface area contributed by atoms with Gasteiger partial charge in [0.15, 0.2) is 5.03 Å². The molecule has 0 aromatic carbocycles. The van der Waals surface area contributed by atoms with Crippen molar-refractivity contribution in [3.8, 4) is 17.3 Å². The van der Waals surface area contributed by atoms with Gasteiger partial charge in [-0.3, -0.25) is 4.79 Å². The highest BCUT2D eigenvalue weighted by Gasteiger charge is 2.41. The van der Waals surface area contributed by atoms with Crippen LogP contribution in [0.5, 0.6) is 5.88 Å². The Morgan fingerprint density at radius 1 is 1.11 bits per heavy atom. The number of ether oxygens (including phenoxy) is 1. The first kappa shape index (κ1) is 27.3. The van der Waals surface area contributed by atoms with E-state index in [1.807, 2.05) is 12.1 Å². The van der Waals surface area contributed by atoms with E-state index in [4.69, 9.17) is 15.5 Å². The van der Waals surface area contributed by atoms with Crippen LogP contribution in [0.4, 0.5) is 11.6 Å². The van der Waals surface area contributed by atoms with E-state index in [1.54, 1.807) is 18.2 Å². The molecule has 0 bridgehead atoms. The van der Waals surface area contributed by atoms with Crippen molar-refractivity contribution in [3.05, 3.63) is 54.1 Å². The second-order valence-electron chi connectivity index (χ2n) is 10.5. The Bertz CT molecular complexity index is 1440. The van der Waals surface area contributed by atoms with Crippen molar-refractivity contribution in [3.63, 3.8) is 0 Å². The summed E-state index contributed by atoms with van der Waals surface area (Å²) in [6, 6.07) is 12.9. The van der Waals surface area contributed by atoms with E-state index in [9.17, 15) is 13.2 Å². The van der Waals surface area contributed by atoms with Crippen LogP contribution in [-0.2, 0) is 10.0 Å². The van der Waals surface area contributed by atoms with Crippen molar-refractivity contribution < 1.29 is 17.9 Å². The van der Waals surface area contributed by atoms with Gasteiger partial charge in [0, 0.05) is 18.2 Å². The smallest absolute Gasteiger partial charge is 0.281 e. The minimum Gasteiger partial charge on any atom is -0.477 e. The molecular weight excluding hydrogens is 504 g/mol. The average molecular weight is 539 g/mol. The molecule has 3 aromatic heterocycles. The number of carbonyl (C=O) groups excluding carboxylic acids is 1. The Balaban J connectivity index is 1.74. The molecule has 1 atom stereocenters. The van der Waals surface area contributed by atoms with Gasteiger partial charge in [0.1, 0.15) is 11.6 Å². The summed E-state index contributed by atoms with van der Waals surface area (Å²) < 4.78 is 33.7. The Labute approximate surface area is 223 Å². The monoisotopic (exact) mass is 538 g/mol. The van der Waals surface area contributed by atoms with Crippen molar-refractivity contribution in [1.82, 2.24) is 19.7 Å². The lowest BCUT2D eigenvalue weighted by molar-refractivity contribution is 0.0981. The number of hydrogen-bond acceptors (Lipinski definition) is 9. The number of anilines is 2. The molecule has 38 heavy (non-hydrogen) atoms. The number of carbonyl (C=O) groups is 1. The highest BCUT2D eigenvalue weighted by atomic mass is 32.2. The third-order valence-corrected chi connectivity index (χ3v) is 8.09. The van der Waals surface area contributed by atoms with Gasteiger partial charge in [-0.25, -0.2) is 19.7 Å². The molecule has 3 aromatic rings. The maximum atomic E-state index is 13.4. The maximum Gasteiger partial charge on any atom is 0.281 e. The number of aromatic nitrogens is 3. The number of nitrogens with zero attached hydrogens (tertiary/aromatic N) is 4. The zero-order valence-electron chi connectivity index (χ0n) is 22.3. The number of nitrogens with one attached hydrogen (secondary N) is 1. The van der Waals surface area contributed by atoms with Gasteiger partial charge in [0.25, 0.3) is 15.9 Å². The molecule has 1 unspecified atom stereocenters. The fraction of sp³-hybridized carbons (Fsp3) is 0.407. The van der Waals surface area contributed by atoms with E-state index >= 15 is 0 Å². The van der Waals surface area contributed by atoms with Gasteiger partial charge < -0.3 is 15.4 Å². The molecule has 1 saturated heterocycles. The molecule has 0 radical (unpaired) electrons. The zero-order chi connectivity index (χ0) is 27.7. The second kappa shape index (κ2) is 10.6. The van der Waals surface area contributed by atoms with E-state index in [2.05, 4.69) is 54.2 Å². The highest BCUT2D eigenvalue weighted by Crippen LogP contribution is 2.39. The van der Waals surface area contributed by atoms with Crippen molar-refractivity contribution >= 4 is 27.6 Å². The fourth-order valence-corrected chi connectivity index (χ4v) is 5.22. The van der Waals surface area contributed by atoms with E-state index in [-0.39, 0.29) is 21.9 Å². The van der Waals surface area contributed by atoms with Crippen LogP contribution in [0.3, 0.4) is 0 Å². The number of pyridine rings is 3. The van der Waals surface area contributed by atoms with E-state index in [0.29, 0.717) is 48.1 Å². The summed E-state index contributed by atoms with van der Waals surface area (Å²) in [5.74, 6) is 0.779. The van der Waals surface area contributed by atoms with E-state index < -0.39 is 15.9 Å². The SMILES string of the molecule is CC(C)COc1cccc(-c2ccc(C(=O)NS(=O)(=O)c3cccc(N)n3)c(N3CCC(C)C3(C)C)n2)n1. The van der Waals surface area contributed by atoms with Crippen molar-refractivity contribution in [2.24, 2.45) is 11.8 Å². The highest BCUT2D eigenvalue weighted by molar-refractivity contribution is 7.90. The van der Waals surface area contributed by atoms with Crippen molar-refractivity contribution in [2.75, 3.05) is 23.8 Å². The standard InChI is InChI=1S/C27H34N6O4S/c1-17(2)16-37-23-10-6-8-20(29-23)21-13-12-19(25(30-21)33-15-14-18(3)27(33,4)5)26(34)32-38(35,36)24-11-7-9-22(28)31-24/h6-13,17-18H,14-16H2,1-5H3,(H2,28,31)(H,32,34). The number of sulfonamides is 1. The van der Waals surface area contributed by atoms with Gasteiger partial charge in [-0.05, 0) is 62.4 Å². The summed E-state index contributed by atoms with van der Waals surface area (Å²) in [4.78, 5) is 28.7. The predicted octanol–water partition coefficient (Wildman–Crippen LogP) is 3.90. The first-order valence-corrected chi connectivity index (χ1v) is 14.1. The summed E-state index contributed by atoms with van der Waals surface area (Å²) in [5, 5.41) is -0.338. The molecule has 4 heterocycles. The molecule has 1 aliphatic heterocycles. The van der Waals surface area contributed by atoms with E-state index in [0.717, 1.165) is 6.42 Å². The molecule has 3 N–H and O–H groups in total. The molecule has 202 valence electrons. The lowest BCUT2D eigenvalue weighted by Gasteiger charge is -2.36. The third kappa shape index (κ3) is 5.72. The Morgan fingerprint density at radius 3 is 2.47 bits per heavy atom. The molecule has 1 fully saturated rings. The second-order valence-corrected chi connectivity index (χ2v) is 12.1. The largest absolute Gasteiger partial charge is 0.477 e. The Hall–Kier alpha value is -3.73. The third-order valence-electron chi connectivity index (χ3n) is 6.86. The summed E-state index contributed by atoms with van der Waals surface area (Å²) in [7, 11) is -4.26. The van der Waals surface area contributed by atoms with Gasteiger partial charge in [0.2, 0.25) is 5.88 Å². The Morgan fingerprint density at radius 2 is 1.82 bits per heavy atom. The molecule has 1 aliphatic rings. The van der Waals surface area contributed by atoms with Gasteiger partial charge >= 0.3 is 0 Å². The first-order valence-electron chi connectivity index (χ1n) is 12.6. The van der Waals surface area contributed by atoms with Gasteiger partial charge in [-0.1, -0.05) is 32.9 Å². The average Bonchev–Trinajstić information content (AvgIpc) is 3.14. The maximum absolute atomic E-state index is 13.4. The lowest BCUT2D eigenvalue weighted by atomic mass is 9.90. The van der Waals surface area contributed by atoms with Gasteiger partial charge in [-0.2, -0.15) is 8.42 Å². The topological polar surface area (TPSA) is 140 Å². The van der Waals surface area contributed by atoms with E-state index in [1.165, 1.54) is 18.2 Å². The minimum absolute atomic E-state index is 0.0342. The van der Waals surface area contributed by atoms with Crippen molar-refractivity contribution in [1.29, 1.82) is 0 Å². The zero-order valence-corrected chi connectivity index (χ0v) is 23.1. The van der Waals surface area contributed by atoms with Crippen molar-refractivity contribution in [2.45, 2.75) is 51.6 Å². The van der Waals surface area contributed by atoms with Crippen LogP contribution in [0.15, 0.2) is 53.6 Å². The number of nitrogen functional groups attached to an aromatic ring is 1. The van der Waals surface area contributed by atoms with Crippen LogP contribution < -0.4 is 20.1 Å². The molecule has 0 aliphatic carbocycles. The molecule has 10 nitrogen and oxygen atoms in total. The summed E-state index contributed by atoms with van der Waals surface area (Å²) >= 11 is 0. The number of hydrogen-bond donors (Lipinski definition) is 2. The van der Waals surface area contributed by atoms with Crippen LogP contribution >= 0.6 is 0 Å². The molecule has 4 rings (SSSR count). The molecular formula is C27H34N6O4S. The fourth-order valence-electron chi connectivity index (χ4n) is 4.28.